The summed E-state index contributed by atoms with van der Waals surface area (Å²) in [5, 5.41) is 44.2. The number of hydrogen-bond donors (Lipinski definition) is 6. The van der Waals surface area contributed by atoms with Crippen LogP contribution in [0.3, 0.4) is 0 Å². The topological polar surface area (TPSA) is 228 Å². The van der Waals surface area contributed by atoms with Crippen LogP contribution in [-0.2, 0) is 49.1 Å². The van der Waals surface area contributed by atoms with Gasteiger partial charge < -0.3 is 50.0 Å². The monoisotopic (exact) mass is 1040 g/mol. The molecule has 64 heavy (non-hydrogen) atoms. The van der Waals surface area contributed by atoms with Crippen molar-refractivity contribution in [1.29, 1.82) is 0 Å². The molecular formula is C44H46Br2N6O10S2. The summed E-state index contributed by atoms with van der Waals surface area (Å²) in [6.07, 6.45) is 0.601. The molecule has 0 spiro atoms. The SMILES string of the molecule is Cc1c(COc2nc(OCc3cncs3)c(CNCC(O)CC(=O)O)cc2Br)cccc1-c1cccc(COc2nc(OCc3cncs3)c(CNCC(O)CC(=O)O)cc2Br)c1C. The smallest absolute Gasteiger partial charge is 0.306 e. The molecule has 0 saturated heterocycles. The van der Waals surface area contributed by atoms with Crippen LogP contribution in [0.2, 0.25) is 0 Å². The lowest BCUT2D eigenvalue weighted by Crippen LogP contribution is -2.28. The Kier molecular flexibility index (Phi) is 18.0. The normalized spacial score (nSPS) is 12.2. The number of aliphatic carboxylic acids is 2. The summed E-state index contributed by atoms with van der Waals surface area (Å²) in [5.41, 5.74) is 10.8. The highest BCUT2D eigenvalue weighted by molar-refractivity contribution is 9.10. The molecule has 0 amide bonds. The quantitative estimate of drug-likeness (QED) is 0.0329. The standard InChI is InChI=1S/C44H46Br2N6O10S2/c1-25-27(19-59-43-37(45)9-29(13-47-15-31(53)11-39(55)56)41(51-43)61-21-33-17-49-23-63-33)5-3-7-35(25)36-8-4-6-28(26(36)2)20-60-44-38(46)10-30(14-48-16-32(54)12-40(57)58)42(52-44)62-22-34-18-50-24-64-34/h3-10,17-18,23-24,31-32,47-48,53-54H,11-16,19-22H2,1-2H3,(H,55,56)(H,57,58). The molecule has 0 fully saturated rings. The second-order valence-corrected chi connectivity index (χ2v) is 18.2. The van der Waals surface area contributed by atoms with Crippen LogP contribution >= 0.6 is 54.5 Å². The van der Waals surface area contributed by atoms with Gasteiger partial charge in [0.25, 0.3) is 0 Å². The van der Waals surface area contributed by atoms with Crippen LogP contribution in [0.25, 0.3) is 11.1 Å². The van der Waals surface area contributed by atoms with Gasteiger partial charge in [0, 0.05) is 49.7 Å². The van der Waals surface area contributed by atoms with E-state index in [0.717, 1.165) is 43.1 Å². The molecule has 0 bridgehead atoms. The van der Waals surface area contributed by atoms with Gasteiger partial charge in [-0.3, -0.25) is 19.6 Å². The molecule has 2 aromatic carbocycles. The van der Waals surface area contributed by atoms with Crippen molar-refractivity contribution in [2.45, 2.75) is 78.4 Å². The van der Waals surface area contributed by atoms with Gasteiger partial charge in [-0.15, -0.1) is 22.7 Å². The van der Waals surface area contributed by atoms with Gasteiger partial charge in [0.2, 0.25) is 23.5 Å². The average Bonchev–Trinajstić information content (AvgIpc) is 3.98. The van der Waals surface area contributed by atoms with Gasteiger partial charge in [-0.25, -0.2) is 0 Å². The van der Waals surface area contributed by atoms with Crippen molar-refractivity contribution in [1.82, 2.24) is 30.6 Å². The number of nitrogens with one attached hydrogen (secondary N) is 2. The Morgan fingerprint density at radius 2 is 1.03 bits per heavy atom. The summed E-state index contributed by atoms with van der Waals surface area (Å²) in [7, 11) is 0. The molecule has 0 aliphatic rings. The van der Waals surface area contributed by atoms with E-state index in [1.165, 1.54) is 22.7 Å². The van der Waals surface area contributed by atoms with Crippen LogP contribution in [0.15, 0.2) is 80.9 Å². The van der Waals surface area contributed by atoms with E-state index in [4.69, 9.17) is 39.1 Å². The largest absolute Gasteiger partial charge is 0.481 e. The first-order chi connectivity index (χ1) is 30.8. The first-order valence-electron chi connectivity index (χ1n) is 19.9. The van der Waals surface area contributed by atoms with Crippen molar-refractivity contribution in [2.24, 2.45) is 0 Å². The number of carboxylic acids is 2. The Labute approximate surface area is 394 Å². The van der Waals surface area contributed by atoms with Gasteiger partial charge in [0.05, 0.1) is 54.8 Å². The third-order valence-corrected chi connectivity index (χ3v) is 12.4. The lowest BCUT2D eigenvalue weighted by molar-refractivity contribution is -0.140. The van der Waals surface area contributed by atoms with Gasteiger partial charge in [-0.05, 0) is 91.2 Å². The summed E-state index contributed by atoms with van der Waals surface area (Å²) >= 11 is 10.1. The molecule has 2 unspecified atom stereocenters. The van der Waals surface area contributed by atoms with Crippen molar-refractivity contribution in [3.63, 3.8) is 0 Å². The number of aliphatic hydroxyl groups is 2. The Morgan fingerprint density at radius 3 is 1.41 bits per heavy atom. The third-order valence-electron chi connectivity index (χ3n) is 9.76. The van der Waals surface area contributed by atoms with Crippen molar-refractivity contribution >= 4 is 66.5 Å². The van der Waals surface area contributed by atoms with E-state index in [0.29, 0.717) is 43.6 Å². The first kappa shape index (κ1) is 48.4. The number of rotatable bonds is 25. The predicted octanol–water partition coefficient (Wildman–Crippen LogP) is 7.36. The summed E-state index contributed by atoms with van der Waals surface area (Å²) < 4.78 is 26.0. The zero-order valence-electron chi connectivity index (χ0n) is 34.8. The summed E-state index contributed by atoms with van der Waals surface area (Å²) in [6.45, 7) is 5.67. The van der Waals surface area contributed by atoms with Crippen LogP contribution in [0.4, 0.5) is 0 Å². The maximum Gasteiger partial charge on any atom is 0.306 e. The Hall–Kier alpha value is -5.06. The number of aliphatic hydroxyl groups excluding tert-OH is 2. The fraction of sp³-hybridized carbons (Fsp3) is 0.318. The first-order valence-corrected chi connectivity index (χ1v) is 23.2. The predicted molar refractivity (Wildman–Crippen MR) is 247 cm³/mol. The molecule has 4 heterocycles. The van der Waals surface area contributed by atoms with E-state index in [1.807, 2.05) is 50.2 Å². The van der Waals surface area contributed by atoms with E-state index in [1.54, 1.807) is 23.4 Å². The van der Waals surface area contributed by atoms with Gasteiger partial charge in [0.15, 0.2) is 0 Å². The number of nitrogens with zero attached hydrogens (tertiary/aromatic N) is 4. The molecule has 6 N–H and O–H groups in total. The number of carboxylic acid groups (broad SMARTS) is 2. The molecule has 0 aliphatic carbocycles. The molecule has 0 aliphatic heterocycles. The van der Waals surface area contributed by atoms with Crippen LogP contribution in [0.1, 0.15) is 56.0 Å². The Bertz CT molecular complexity index is 2330. The molecule has 4 aromatic heterocycles. The van der Waals surface area contributed by atoms with Gasteiger partial charge >= 0.3 is 11.9 Å². The molecule has 338 valence electrons. The van der Waals surface area contributed by atoms with Crippen LogP contribution in [0.5, 0.6) is 23.5 Å². The summed E-state index contributed by atoms with van der Waals surface area (Å²) in [4.78, 5) is 41.5. The lowest BCUT2D eigenvalue weighted by atomic mass is 9.92. The van der Waals surface area contributed by atoms with E-state index in [9.17, 15) is 19.8 Å². The molecule has 16 nitrogen and oxygen atoms in total. The molecule has 2 atom stereocenters. The fourth-order valence-corrected chi connectivity index (χ4v) is 8.42. The zero-order chi connectivity index (χ0) is 45.6. The fourth-order valence-electron chi connectivity index (χ4n) is 6.45. The minimum absolute atomic E-state index is 0.0715. The minimum atomic E-state index is -1.08. The number of pyridine rings is 2. The summed E-state index contributed by atoms with van der Waals surface area (Å²) in [6, 6.07) is 15.8. The molecular weight excluding hydrogens is 996 g/mol. The van der Waals surface area contributed by atoms with Crippen molar-refractivity contribution < 1.29 is 49.0 Å². The number of halogens is 2. The van der Waals surface area contributed by atoms with Crippen molar-refractivity contribution in [3.8, 4) is 34.6 Å². The van der Waals surface area contributed by atoms with Crippen LogP contribution in [0, 0.1) is 13.8 Å². The number of thiazole rings is 2. The van der Waals surface area contributed by atoms with E-state index >= 15 is 0 Å². The van der Waals surface area contributed by atoms with E-state index in [-0.39, 0.29) is 65.4 Å². The molecule has 0 saturated carbocycles. The summed E-state index contributed by atoms with van der Waals surface area (Å²) in [5.74, 6) is -0.863. The van der Waals surface area contributed by atoms with E-state index in [2.05, 4.69) is 64.6 Å². The van der Waals surface area contributed by atoms with Gasteiger partial charge in [-0.1, -0.05) is 36.4 Å². The lowest BCUT2D eigenvalue weighted by Gasteiger charge is -2.18. The highest BCUT2D eigenvalue weighted by Gasteiger charge is 2.19. The van der Waals surface area contributed by atoms with Crippen molar-refractivity contribution in [3.05, 3.63) is 124 Å². The minimum Gasteiger partial charge on any atom is -0.481 e. The van der Waals surface area contributed by atoms with Crippen molar-refractivity contribution in [2.75, 3.05) is 13.1 Å². The second kappa shape index (κ2) is 23.7. The molecule has 20 heteroatoms. The second-order valence-electron chi connectivity index (χ2n) is 14.5. The number of ether oxygens (including phenoxy) is 4. The molecule has 0 radical (unpaired) electrons. The van der Waals surface area contributed by atoms with E-state index < -0.39 is 24.1 Å². The number of carbonyl (C=O) groups is 2. The van der Waals surface area contributed by atoms with Gasteiger partial charge in [-0.2, -0.15) is 9.97 Å². The highest BCUT2D eigenvalue weighted by Crippen LogP contribution is 2.35. The maximum absolute atomic E-state index is 11.0. The third kappa shape index (κ3) is 14.0. The Balaban J connectivity index is 1.15. The number of aromatic nitrogens is 4. The van der Waals surface area contributed by atoms with Gasteiger partial charge in [0.1, 0.15) is 26.4 Å². The zero-order valence-corrected chi connectivity index (χ0v) is 39.6. The molecule has 6 rings (SSSR count). The number of hydrogen-bond acceptors (Lipinski definition) is 16. The Morgan fingerprint density at radius 1 is 0.625 bits per heavy atom. The van der Waals surface area contributed by atoms with Crippen LogP contribution < -0.4 is 29.6 Å². The number of benzene rings is 2. The highest BCUT2D eigenvalue weighted by atomic mass is 79.9. The average molecular weight is 1040 g/mol. The molecule has 6 aromatic rings. The maximum atomic E-state index is 11.0. The van der Waals surface area contributed by atoms with Crippen LogP contribution in [-0.4, -0.2) is 77.6 Å².